The highest BCUT2D eigenvalue weighted by Gasteiger charge is 2.10. The summed E-state index contributed by atoms with van der Waals surface area (Å²) in [5.74, 6) is 0.224. The van der Waals surface area contributed by atoms with Crippen LogP contribution in [0.5, 0.6) is 0 Å². The van der Waals surface area contributed by atoms with E-state index in [-0.39, 0.29) is 18.3 Å². The zero-order chi connectivity index (χ0) is 13.1. The van der Waals surface area contributed by atoms with Crippen molar-refractivity contribution in [1.29, 1.82) is 0 Å². The number of nitrogens with two attached hydrogens (primary N) is 1. The summed E-state index contributed by atoms with van der Waals surface area (Å²) >= 11 is 5.99. The standard InChI is InChI=1S/C11H12ClN5O.ClH/c1-7(13)11(18)16-8-5-15-17(6-8)10-9(12)3-2-4-14-10;/h2-7H,13H2,1H3,(H,16,18);1H. The van der Waals surface area contributed by atoms with E-state index in [0.717, 1.165) is 0 Å². The molecular formula is C11H13Cl2N5O. The Morgan fingerprint density at radius 2 is 2.32 bits per heavy atom. The highest BCUT2D eigenvalue weighted by molar-refractivity contribution is 6.32. The Morgan fingerprint density at radius 1 is 1.58 bits per heavy atom. The molecule has 2 heterocycles. The maximum absolute atomic E-state index is 11.4. The van der Waals surface area contributed by atoms with E-state index in [2.05, 4.69) is 15.4 Å². The Bertz CT molecular complexity index is 570. The van der Waals surface area contributed by atoms with Crippen LogP contribution >= 0.6 is 24.0 Å². The quantitative estimate of drug-likeness (QED) is 0.902. The molecule has 8 heteroatoms. The molecule has 2 aromatic heterocycles. The van der Waals surface area contributed by atoms with Gasteiger partial charge in [0.05, 0.1) is 29.1 Å². The smallest absolute Gasteiger partial charge is 0.241 e. The molecule has 19 heavy (non-hydrogen) atoms. The lowest BCUT2D eigenvalue weighted by Gasteiger charge is -2.04. The summed E-state index contributed by atoms with van der Waals surface area (Å²) in [5, 5.41) is 7.18. The van der Waals surface area contributed by atoms with Crippen LogP contribution in [0.15, 0.2) is 30.7 Å². The van der Waals surface area contributed by atoms with Crippen molar-refractivity contribution in [2.45, 2.75) is 13.0 Å². The van der Waals surface area contributed by atoms with Crippen molar-refractivity contribution < 1.29 is 4.79 Å². The van der Waals surface area contributed by atoms with Gasteiger partial charge >= 0.3 is 0 Å². The normalized spacial score (nSPS) is 11.5. The van der Waals surface area contributed by atoms with Crippen LogP contribution in [0.3, 0.4) is 0 Å². The van der Waals surface area contributed by atoms with E-state index >= 15 is 0 Å². The van der Waals surface area contributed by atoms with E-state index in [1.807, 2.05) is 0 Å². The second kappa shape index (κ2) is 6.51. The highest BCUT2D eigenvalue weighted by atomic mass is 35.5. The van der Waals surface area contributed by atoms with Crippen molar-refractivity contribution in [3.8, 4) is 5.82 Å². The van der Waals surface area contributed by atoms with Gasteiger partial charge in [0, 0.05) is 6.20 Å². The number of halogens is 2. The second-order valence-corrected chi connectivity index (χ2v) is 4.17. The number of amides is 1. The topological polar surface area (TPSA) is 85.8 Å². The average molecular weight is 302 g/mol. The van der Waals surface area contributed by atoms with Gasteiger partial charge in [-0.3, -0.25) is 4.79 Å². The van der Waals surface area contributed by atoms with Crippen molar-refractivity contribution in [2.75, 3.05) is 5.32 Å². The molecular weight excluding hydrogens is 289 g/mol. The number of anilines is 1. The number of nitrogens with zero attached hydrogens (tertiary/aromatic N) is 3. The summed E-state index contributed by atoms with van der Waals surface area (Å²) in [7, 11) is 0. The third-order valence-electron chi connectivity index (χ3n) is 2.22. The van der Waals surface area contributed by atoms with E-state index in [9.17, 15) is 4.79 Å². The first kappa shape index (κ1) is 15.4. The van der Waals surface area contributed by atoms with Gasteiger partial charge in [0.15, 0.2) is 5.82 Å². The average Bonchev–Trinajstić information content (AvgIpc) is 2.77. The summed E-state index contributed by atoms with van der Waals surface area (Å²) < 4.78 is 1.49. The Hall–Kier alpha value is -1.63. The Labute approximate surface area is 121 Å². The number of aromatic nitrogens is 3. The van der Waals surface area contributed by atoms with Crippen LogP contribution in [-0.4, -0.2) is 26.7 Å². The van der Waals surface area contributed by atoms with Crippen molar-refractivity contribution in [3.63, 3.8) is 0 Å². The minimum Gasteiger partial charge on any atom is -0.322 e. The molecule has 2 rings (SSSR count). The van der Waals surface area contributed by atoms with Crippen LogP contribution in [0.4, 0.5) is 5.69 Å². The van der Waals surface area contributed by atoms with Gasteiger partial charge in [0.25, 0.3) is 0 Å². The Morgan fingerprint density at radius 3 is 2.95 bits per heavy atom. The molecule has 0 saturated heterocycles. The minimum atomic E-state index is -0.577. The zero-order valence-electron chi connectivity index (χ0n) is 10.1. The molecule has 2 aromatic rings. The minimum absolute atomic E-state index is 0. The molecule has 6 nitrogen and oxygen atoms in total. The van der Waals surface area contributed by atoms with Crippen LogP contribution < -0.4 is 11.1 Å². The van der Waals surface area contributed by atoms with Crippen molar-refractivity contribution in [1.82, 2.24) is 14.8 Å². The molecule has 0 aromatic carbocycles. The van der Waals surface area contributed by atoms with Crippen molar-refractivity contribution in [3.05, 3.63) is 35.7 Å². The summed E-state index contributed by atoms with van der Waals surface area (Å²) in [4.78, 5) is 15.5. The fourth-order valence-corrected chi connectivity index (χ4v) is 1.51. The van der Waals surface area contributed by atoms with Crippen LogP contribution in [0, 0.1) is 0 Å². The fourth-order valence-electron chi connectivity index (χ4n) is 1.31. The van der Waals surface area contributed by atoms with Gasteiger partial charge in [-0.15, -0.1) is 12.4 Å². The molecule has 0 bridgehead atoms. The second-order valence-electron chi connectivity index (χ2n) is 3.76. The molecule has 0 aliphatic carbocycles. The van der Waals surface area contributed by atoms with E-state index in [1.54, 1.807) is 31.5 Å². The molecule has 3 N–H and O–H groups in total. The summed E-state index contributed by atoms with van der Waals surface area (Å²) in [6.45, 7) is 1.61. The predicted molar refractivity (Wildman–Crippen MR) is 75.9 cm³/mol. The lowest BCUT2D eigenvalue weighted by atomic mass is 10.3. The molecule has 0 aliphatic rings. The van der Waals surface area contributed by atoms with E-state index in [4.69, 9.17) is 17.3 Å². The largest absolute Gasteiger partial charge is 0.322 e. The van der Waals surface area contributed by atoms with E-state index in [1.165, 1.54) is 10.9 Å². The predicted octanol–water partition coefficient (Wildman–Crippen LogP) is 1.63. The number of carbonyl (C=O) groups excluding carboxylic acids is 1. The summed E-state index contributed by atoms with van der Waals surface area (Å²) in [6, 6.07) is 2.87. The number of hydrogen-bond donors (Lipinski definition) is 2. The van der Waals surface area contributed by atoms with Crippen LogP contribution in [-0.2, 0) is 4.79 Å². The number of pyridine rings is 1. The first-order valence-electron chi connectivity index (χ1n) is 5.30. The number of nitrogens with one attached hydrogen (secondary N) is 1. The van der Waals surface area contributed by atoms with E-state index < -0.39 is 6.04 Å². The summed E-state index contributed by atoms with van der Waals surface area (Å²) in [6.07, 6.45) is 4.74. The monoisotopic (exact) mass is 301 g/mol. The first-order valence-corrected chi connectivity index (χ1v) is 5.67. The van der Waals surface area contributed by atoms with Gasteiger partial charge in [-0.05, 0) is 19.1 Å². The molecule has 102 valence electrons. The van der Waals surface area contributed by atoms with Crippen LogP contribution in [0.2, 0.25) is 5.02 Å². The van der Waals surface area contributed by atoms with Gasteiger partial charge in [-0.2, -0.15) is 5.10 Å². The maximum Gasteiger partial charge on any atom is 0.241 e. The molecule has 1 amide bonds. The summed E-state index contributed by atoms with van der Waals surface area (Å²) in [5.41, 5.74) is 5.99. The molecule has 0 saturated carbocycles. The molecule has 0 fully saturated rings. The molecule has 0 radical (unpaired) electrons. The SMILES string of the molecule is CC(N)C(=O)Nc1cnn(-c2ncccc2Cl)c1.Cl. The van der Waals surface area contributed by atoms with Gasteiger partial charge in [-0.25, -0.2) is 9.67 Å². The maximum atomic E-state index is 11.4. The lowest BCUT2D eigenvalue weighted by Crippen LogP contribution is -2.32. The van der Waals surface area contributed by atoms with Crippen molar-refractivity contribution >= 4 is 35.6 Å². The van der Waals surface area contributed by atoms with Crippen LogP contribution in [0.25, 0.3) is 5.82 Å². The third kappa shape index (κ3) is 3.66. The Kier molecular flexibility index (Phi) is 5.29. The van der Waals surface area contributed by atoms with E-state index in [0.29, 0.717) is 16.5 Å². The molecule has 1 unspecified atom stereocenters. The van der Waals surface area contributed by atoms with Gasteiger partial charge in [0.2, 0.25) is 5.91 Å². The Balaban J connectivity index is 0.00000180. The highest BCUT2D eigenvalue weighted by Crippen LogP contribution is 2.17. The fraction of sp³-hybridized carbons (Fsp3) is 0.182. The number of rotatable bonds is 3. The van der Waals surface area contributed by atoms with Gasteiger partial charge in [0.1, 0.15) is 0 Å². The molecule has 0 aliphatic heterocycles. The lowest BCUT2D eigenvalue weighted by molar-refractivity contribution is -0.117. The number of carbonyl (C=O) groups is 1. The van der Waals surface area contributed by atoms with Gasteiger partial charge in [-0.1, -0.05) is 11.6 Å². The van der Waals surface area contributed by atoms with Crippen molar-refractivity contribution in [2.24, 2.45) is 5.73 Å². The molecule has 0 spiro atoms. The van der Waals surface area contributed by atoms with Crippen LogP contribution in [0.1, 0.15) is 6.92 Å². The third-order valence-corrected chi connectivity index (χ3v) is 2.51. The van der Waals surface area contributed by atoms with Gasteiger partial charge < -0.3 is 11.1 Å². The first-order chi connectivity index (χ1) is 8.58. The number of hydrogen-bond acceptors (Lipinski definition) is 4. The molecule has 1 atom stereocenters. The zero-order valence-corrected chi connectivity index (χ0v) is 11.6.